The summed E-state index contributed by atoms with van der Waals surface area (Å²) in [7, 11) is 0. The summed E-state index contributed by atoms with van der Waals surface area (Å²) in [4.78, 5) is 32.5. The van der Waals surface area contributed by atoms with E-state index in [4.69, 9.17) is 10.2 Å². The van der Waals surface area contributed by atoms with Gasteiger partial charge in [0, 0.05) is 25.8 Å². The third-order valence-electron chi connectivity index (χ3n) is 2.15. The van der Waals surface area contributed by atoms with Gasteiger partial charge in [-0.1, -0.05) is 0 Å². The van der Waals surface area contributed by atoms with E-state index in [2.05, 4.69) is 15.8 Å². The number of hydrogen-bond donors (Lipinski definition) is 4. The first-order valence-electron chi connectivity index (χ1n) is 5.05. The van der Waals surface area contributed by atoms with Gasteiger partial charge in [0.25, 0.3) is 5.91 Å². The maximum Gasteiger partial charge on any atom is 0.332 e. The number of carbonyl (C=O) groups is 3. The van der Waals surface area contributed by atoms with Crippen molar-refractivity contribution in [3.8, 4) is 0 Å². The highest BCUT2D eigenvalue weighted by molar-refractivity contribution is 6.39. The van der Waals surface area contributed by atoms with Crippen molar-refractivity contribution in [1.82, 2.24) is 10.7 Å². The largest absolute Gasteiger partial charge is 0.479 e. The Labute approximate surface area is 96.7 Å². The average molecular weight is 243 g/mol. The molecule has 0 saturated heterocycles. The minimum Gasteiger partial charge on any atom is -0.479 e. The Hall–Kier alpha value is -1.96. The SMILES string of the molecule is O=C1CCC(C(=O)NCCC(O)C(=O)O)=NN1. The molecule has 0 spiro atoms. The first-order chi connectivity index (χ1) is 8.00. The van der Waals surface area contributed by atoms with Gasteiger partial charge in [-0.25, -0.2) is 10.2 Å². The fraction of sp³-hybridized carbons (Fsp3) is 0.556. The summed E-state index contributed by atoms with van der Waals surface area (Å²) >= 11 is 0. The number of rotatable bonds is 5. The second-order valence-electron chi connectivity index (χ2n) is 3.49. The van der Waals surface area contributed by atoms with Gasteiger partial charge in [-0.15, -0.1) is 0 Å². The van der Waals surface area contributed by atoms with Crippen LogP contribution in [-0.2, 0) is 14.4 Å². The van der Waals surface area contributed by atoms with Crippen molar-refractivity contribution in [3.05, 3.63) is 0 Å². The highest BCUT2D eigenvalue weighted by Crippen LogP contribution is 1.99. The van der Waals surface area contributed by atoms with Crippen LogP contribution in [0.3, 0.4) is 0 Å². The molecule has 2 amide bonds. The van der Waals surface area contributed by atoms with Crippen LogP contribution in [0.4, 0.5) is 0 Å². The van der Waals surface area contributed by atoms with Gasteiger partial charge in [0.1, 0.15) is 5.71 Å². The molecule has 1 aliphatic rings. The summed E-state index contributed by atoms with van der Waals surface area (Å²) in [6, 6.07) is 0. The first-order valence-corrected chi connectivity index (χ1v) is 5.05. The van der Waals surface area contributed by atoms with Crippen LogP contribution in [0.1, 0.15) is 19.3 Å². The number of hydrogen-bond acceptors (Lipinski definition) is 5. The normalized spacial score (nSPS) is 16.8. The Bertz CT molecular complexity index is 366. The molecule has 1 heterocycles. The molecule has 1 rings (SSSR count). The van der Waals surface area contributed by atoms with Crippen molar-refractivity contribution in [1.29, 1.82) is 0 Å². The number of aliphatic hydroxyl groups is 1. The average Bonchev–Trinajstić information content (AvgIpc) is 2.29. The number of nitrogens with one attached hydrogen (secondary N) is 2. The standard InChI is InChI=1S/C9H13N3O5/c13-6(9(16)17)3-4-10-8(15)5-1-2-7(14)12-11-5/h6,13H,1-4H2,(H,10,15)(H,12,14)(H,16,17). The Balaban J connectivity index is 2.30. The van der Waals surface area contributed by atoms with Crippen molar-refractivity contribution in [2.45, 2.75) is 25.4 Å². The van der Waals surface area contributed by atoms with E-state index in [9.17, 15) is 14.4 Å². The van der Waals surface area contributed by atoms with Crippen molar-refractivity contribution in [2.24, 2.45) is 5.10 Å². The summed E-state index contributed by atoms with van der Waals surface area (Å²) in [6.07, 6.45) is -1.13. The molecule has 0 aromatic heterocycles. The van der Waals surface area contributed by atoms with E-state index in [0.29, 0.717) is 0 Å². The van der Waals surface area contributed by atoms with Crippen molar-refractivity contribution >= 4 is 23.5 Å². The van der Waals surface area contributed by atoms with Gasteiger partial charge in [0.15, 0.2) is 6.10 Å². The molecule has 0 aliphatic carbocycles. The zero-order valence-electron chi connectivity index (χ0n) is 8.97. The zero-order valence-corrected chi connectivity index (χ0v) is 8.97. The minimum atomic E-state index is -1.50. The number of amides is 2. The summed E-state index contributed by atoms with van der Waals surface area (Å²) in [6.45, 7) is 0.0271. The lowest BCUT2D eigenvalue weighted by Gasteiger charge is -2.12. The van der Waals surface area contributed by atoms with Crippen LogP contribution in [0.5, 0.6) is 0 Å². The fourth-order valence-corrected chi connectivity index (χ4v) is 1.19. The fourth-order valence-electron chi connectivity index (χ4n) is 1.19. The number of aliphatic carboxylic acids is 1. The number of carboxylic acids is 1. The van der Waals surface area contributed by atoms with Gasteiger partial charge < -0.3 is 15.5 Å². The molecule has 1 atom stereocenters. The lowest BCUT2D eigenvalue weighted by molar-refractivity contribution is -0.147. The molecule has 1 unspecified atom stereocenters. The lowest BCUT2D eigenvalue weighted by Crippen LogP contribution is -2.38. The van der Waals surface area contributed by atoms with Crippen LogP contribution in [0.25, 0.3) is 0 Å². The molecule has 0 saturated carbocycles. The van der Waals surface area contributed by atoms with Crippen LogP contribution in [0, 0.1) is 0 Å². The van der Waals surface area contributed by atoms with E-state index < -0.39 is 18.0 Å². The Morgan fingerprint density at radius 3 is 2.71 bits per heavy atom. The topological polar surface area (TPSA) is 128 Å². The molecule has 0 radical (unpaired) electrons. The van der Waals surface area contributed by atoms with Gasteiger partial charge in [0.2, 0.25) is 5.91 Å². The highest BCUT2D eigenvalue weighted by Gasteiger charge is 2.18. The number of carboxylic acid groups (broad SMARTS) is 1. The molecule has 0 aromatic carbocycles. The summed E-state index contributed by atoms with van der Waals surface area (Å²) in [5.74, 6) is -2.05. The summed E-state index contributed by atoms with van der Waals surface area (Å²) in [5.41, 5.74) is 2.36. The molecular formula is C9H13N3O5. The molecule has 0 fully saturated rings. The van der Waals surface area contributed by atoms with Crippen LogP contribution >= 0.6 is 0 Å². The quantitative estimate of drug-likeness (QED) is 0.453. The third-order valence-corrected chi connectivity index (χ3v) is 2.15. The molecule has 0 bridgehead atoms. The molecule has 0 aromatic rings. The Morgan fingerprint density at radius 2 is 2.18 bits per heavy atom. The molecular weight excluding hydrogens is 230 g/mol. The predicted molar refractivity (Wildman–Crippen MR) is 56.1 cm³/mol. The second-order valence-corrected chi connectivity index (χ2v) is 3.49. The summed E-state index contributed by atoms with van der Waals surface area (Å²) < 4.78 is 0. The molecule has 1 aliphatic heterocycles. The number of aliphatic hydroxyl groups excluding tert-OH is 1. The second kappa shape index (κ2) is 5.94. The van der Waals surface area contributed by atoms with Gasteiger partial charge in [-0.2, -0.15) is 5.10 Å². The van der Waals surface area contributed by atoms with Gasteiger partial charge in [-0.05, 0) is 0 Å². The number of nitrogens with zero attached hydrogens (tertiary/aromatic N) is 1. The predicted octanol–water partition coefficient (Wildman–Crippen LogP) is -1.80. The van der Waals surface area contributed by atoms with Crippen LogP contribution in [-0.4, -0.2) is 46.4 Å². The van der Waals surface area contributed by atoms with E-state index in [-0.39, 0.29) is 37.4 Å². The molecule has 8 heteroatoms. The smallest absolute Gasteiger partial charge is 0.332 e. The monoisotopic (exact) mass is 243 g/mol. The lowest BCUT2D eigenvalue weighted by atomic mass is 10.1. The van der Waals surface area contributed by atoms with E-state index in [1.54, 1.807) is 0 Å². The van der Waals surface area contributed by atoms with E-state index in [0.717, 1.165) is 0 Å². The van der Waals surface area contributed by atoms with Crippen LogP contribution in [0.2, 0.25) is 0 Å². The minimum absolute atomic E-state index is 0.0271. The number of carbonyl (C=O) groups excluding carboxylic acids is 2. The van der Waals surface area contributed by atoms with Crippen molar-refractivity contribution < 1.29 is 24.6 Å². The Morgan fingerprint density at radius 1 is 1.47 bits per heavy atom. The van der Waals surface area contributed by atoms with Crippen LogP contribution in [0.15, 0.2) is 5.10 Å². The van der Waals surface area contributed by atoms with Crippen molar-refractivity contribution in [2.75, 3.05) is 6.54 Å². The highest BCUT2D eigenvalue weighted by atomic mass is 16.4. The third kappa shape index (κ3) is 4.19. The van der Waals surface area contributed by atoms with Gasteiger partial charge >= 0.3 is 5.97 Å². The first kappa shape index (κ1) is 13.1. The molecule has 8 nitrogen and oxygen atoms in total. The zero-order chi connectivity index (χ0) is 12.8. The number of hydrazone groups is 1. The summed E-state index contributed by atoms with van der Waals surface area (Å²) in [5, 5.41) is 23.3. The van der Waals surface area contributed by atoms with E-state index in [1.807, 2.05) is 0 Å². The maximum absolute atomic E-state index is 11.4. The van der Waals surface area contributed by atoms with E-state index >= 15 is 0 Å². The molecule has 17 heavy (non-hydrogen) atoms. The maximum atomic E-state index is 11.4. The van der Waals surface area contributed by atoms with Crippen LogP contribution < -0.4 is 10.7 Å². The molecule has 4 N–H and O–H groups in total. The van der Waals surface area contributed by atoms with Gasteiger partial charge in [0.05, 0.1) is 0 Å². The Kier molecular flexibility index (Phi) is 4.58. The van der Waals surface area contributed by atoms with Gasteiger partial charge in [-0.3, -0.25) is 9.59 Å². The van der Waals surface area contributed by atoms with E-state index in [1.165, 1.54) is 0 Å². The van der Waals surface area contributed by atoms with Crippen molar-refractivity contribution in [3.63, 3.8) is 0 Å². The molecule has 94 valence electrons.